The number of carboxylic acid groups (broad SMARTS) is 1. The summed E-state index contributed by atoms with van der Waals surface area (Å²) in [5, 5.41) is 22.1. The van der Waals surface area contributed by atoms with Crippen LogP contribution in [0, 0.1) is 0 Å². The van der Waals surface area contributed by atoms with Crippen LogP contribution in [-0.4, -0.2) is 33.2 Å². The first-order valence-electron chi connectivity index (χ1n) is 9.91. The Hall–Kier alpha value is -3.43. The monoisotopic (exact) mass is 486 g/mol. The molecule has 4 rings (SSSR count). The van der Waals surface area contributed by atoms with Crippen LogP contribution in [0.3, 0.4) is 0 Å². The molecule has 0 aliphatic carbocycles. The zero-order valence-electron chi connectivity index (χ0n) is 17.2. The molecule has 3 N–H and O–H groups in total. The Morgan fingerprint density at radius 3 is 2.33 bits per heavy atom. The number of ether oxygens (including phenoxy) is 1. The maximum atomic E-state index is 13.1. The molecule has 8 nitrogen and oxygen atoms in total. The largest absolute Gasteiger partial charge is 0.507 e. The molecule has 0 unspecified atom stereocenters. The van der Waals surface area contributed by atoms with Crippen molar-refractivity contribution in [3.63, 3.8) is 0 Å². The first-order chi connectivity index (χ1) is 15.8. The number of nitrogens with one attached hydrogen (secondary N) is 1. The lowest BCUT2D eigenvalue weighted by Crippen LogP contribution is -2.37. The van der Waals surface area contributed by atoms with Crippen molar-refractivity contribution >= 4 is 35.2 Å². The lowest BCUT2D eigenvalue weighted by Gasteiger charge is -2.16. The molecule has 1 aliphatic rings. The maximum Gasteiger partial charge on any atom is 0.322 e. The lowest BCUT2D eigenvalue weighted by molar-refractivity contribution is -0.135. The number of fused-ring (bicyclic) bond motifs is 1. The van der Waals surface area contributed by atoms with Crippen LogP contribution in [0.15, 0.2) is 53.3 Å². The van der Waals surface area contributed by atoms with Crippen LogP contribution in [0.2, 0.25) is 5.02 Å². The van der Waals surface area contributed by atoms with Crippen molar-refractivity contribution in [1.82, 2.24) is 9.88 Å². The van der Waals surface area contributed by atoms with Crippen molar-refractivity contribution in [3.05, 3.63) is 86.3 Å². The predicted octanol–water partition coefficient (Wildman–Crippen LogP) is 3.61. The molecule has 2 heterocycles. The van der Waals surface area contributed by atoms with Crippen LogP contribution >= 0.6 is 23.4 Å². The van der Waals surface area contributed by atoms with Crippen molar-refractivity contribution in [3.8, 4) is 17.2 Å². The van der Waals surface area contributed by atoms with Crippen LogP contribution in [0.4, 0.5) is 0 Å². The summed E-state index contributed by atoms with van der Waals surface area (Å²) in [7, 11) is 0. The Morgan fingerprint density at radius 2 is 1.70 bits per heavy atom. The normalized spacial score (nSPS) is 12.3. The molecule has 0 spiro atoms. The zero-order chi connectivity index (χ0) is 23.5. The number of aliphatic carboxylic acids is 1. The second-order valence-corrected chi connectivity index (χ2v) is 8.73. The SMILES string of the molecule is O=C(O)CNC(=O)c1c(O)c2c(n(Cc3ccc(Oc4ccc(Cl)cc4)cc3)c1=O)CSC2. The highest BCUT2D eigenvalue weighted by Gasteiger charge is 2.28. The topological polar surface area (TPSA) is 118 Å². The number of carbonyl (C=O) groups is 2. The van der Waals surface area contributed by atoms with Gasteiger partial charge in [-0.1, -0.05) is 23.7 Å². The van der Waals surface area contributed by atoms with Crippen LogP contribution in [0.25, 0.3) is 0 Å². The number of hydrogen-bond acceptors (Lipinski definition) is 6. The number of aromatic hydroxyl groups is 1. The van der Waals surface area contributed by atoms with Gasteiger partial charge in [0.2, 0.25) is 0 Å². The first-order valence-corrected chi connectivity index (χ1v) is 11.4. The lowest BCUT2D eigenvalue weighted by atomic mass is 10.1. The third-order valence-electron chi connectivity index (χ3n) is 5.08. The summed E-state index contributed by atoms with van der Waals surface area (Å²) in [6.07, 6.45) is 0. The molecule has 2 aromatic carbocycles. The van der Waals surface area contributed by atoms with Crippen LogP contribution < -0.4 is 15.6 Å². The van der Waals surface area contributed by atoms with Gasteiger partial charge in [0.05, 0.1) is 6.54 Å². The Kier molecular flexibility index (Phi) is 6.62. The minimum atomic E-state index is -1.25. The molecule has 3 aromatic rings. The van der Waals surface area contributed by atoms with Gasteiger partial charge < -0.3 is 24.8 Å². The zero-order valence-corrected chi connectivity index (χ0v) is 18.8. The molecule has 0 fully saturated rings. The fourth-order valence-corrected chi connectivity index (χ4v) is 4.74. The van der Waals surface area contributed by atoms with Gasteiger partial charge in [0.15, 0.2) is 0 Å². The summed E-state index contributed by atoms with van der Waals surface area (Å²) < 4.78 is 7.24. The van der Waals surface area contributed by atoms with E-state index in [9.17, 15) is 19.5 Å². The summed E-state index contributed by atoms with van der Waals surface area (Å²) in [6.45, 7) is -0.471. The number of hydrogen-bond donors (Lipinski definition) is 3. The van der Waals surface area contributed by atoms with Gasteiger partial charge in [-0.15, -0.1) is 0 Å². The summed E-state index contributed by atoms with van der Waals surface area (Å²) in [5.41, 5.74) is 0.849. The molecule has 33 heavy (non-hydrogen) atoms. The van der Waals surface area contributed by atoms with Crippen molar-refractivity contribution in [2.24, 2.45) is 0 Å². The Balaban J connectivity index is 1.61. The Labute approximate surface area is 197 Å². The van der Waals surface area contributed by atoms with Crippen molar-refractivity contribution in [2.45, 2.75) is 18.1 Å². The number of nitrogens with zero attached hydrogens (tertiary/aromatic N) is 1. The molecule has 0 radical (unpaired) electrons. The third kappa shape index (κ3) is 4.99. The molecular weight excluding hydrogens is 468 g/mol. The van der Waals surface area contributed by atoms with Crippen molar-refractivity contribution in [1.29, 1.82) is 0 Å². The number of rotatable bonds is 7. The van der Waals surface area contributed by atoms with Crippen molar-refractivity contribution in [2.75, 3.05) is 6.54 Å². The number of thioether (sulfide) groups is 1. The quantitative estimate of drug-likeness (QED) is 0.467. The summed E-state index contributed by atoms with van der Waals surface area (Å²) in [4.78, 5) is 36.4. The minimum absolute atomic E-state index is 0.183. The van der Waals surface area contributed by atoms with Crippen LogP contribution in [0.1, 0.15) is 27.2 Å². The molecule has 10 heteroatoms. The number of amides is 1. The van der Waals surface area contributed by atoms with Gasteiger partial charge in [-0.25, -0.2) is 0 Å². The van der Waals surface area contributed by atoms with E-state index in [1.54, 1.807) is 36.4 Å². The highest BCUT2D eigenvalue weighted by atomic mass is 35.5. The average Bonchev–Trinajstić information content (AvgIpc) is 3.28. The number of pyridine rings is 1. The second-order valence-electron chi connectivity index (χ2n) is 7.31. The van der Waals surface area contributed by atoms with E-state index in [0.29, 0.717) is 39.3 Å². The summed E-state index contributed by atoms with van der Waals surface area (Å²) in [5.74, 6) is -0.337. The van der Waals surface area contributed by atoms with E-state index in [-0.39, 0.29) is 12.3 Å². The van der Waals surface area contributed by atoms with Crippen molar-refractivity contribution < 1.29 is 24.5 Å². The fraction of sp³-hybridized carbons (Fsp3) is 0.174. The van der Waals surface area contributed by atoms with E-state index in [0.717, 1.165) is 5.56 Å². The summed E-state index contributed by atoms with van der Waals surface area (Å²) in [6, 6.07) is 14.1. The number of carbonyl (C=O) groups excluding carboxylic acids is 1. The van der Waals surface area contributed by atoms with Gasteiger partial charge in [-0.05, 0) is 42.0 Å². The maximum absolute atomic E-state index is 13.1. The van der Waals surface area contributed by atoms with E-state index in [1.165, 1.54) is 16.3 Å². The highest BCUT2D eigenvalue weighted by Crippen LogP contribution is 2.36. The number of aromatic nitrogens is 1. The van der Waals surface area contributed by atoms with Gasteiger partial charge in [0, 0.05) is 27.8 Å². The average molecular weight is 487 g/mol. The van der Waals surface area contributed by atoms with Gasteiger partial charge in [0.25, 0.3) is 11.5 Å². The van der Waals surface area contributed by atoms with Gasteiger partial charge in [-0.3, -0.25) is 14.4 Å². The van der Waals surface area contributed by atoms with Gasteiger partial charge in [0.1, 0.15) is 29.4 Å². The minimum Gasteiger partial charge on any atom is -0.507 e. The number of benzene rings is 2. The van der Waals surface area contributed by atoms with Gasteiger partial charge in [-0.2, -0.15) is 11.8 Å². The molecule has 170 valence electrons. The Bertz CT molecular complexity index is 1270. The molecule has 0 saturated carbocycles. The Morgan fingerprint density at radius 1 is 1.06 bits per heavy atom. The van der Waals surface area contributed by atoms with Gasteiger partial charge >= 0.3 is 5.97 Å². The summed E-state index contributed by atoms with van der Waals surface area (Å²) >= 11 is 7.40. The molecule has 0 atom stereocenters. The first kappa shape index (κ1) is 22.8. The molecule has 0 saturated heterocycles. The van der Waals surface area contributed by atoms with Crippen LogP contribution in [0.5, 0.6) is 17.2 Å². The van der Waals surface area contributed by atoms with E-state index in [2.05, 4.69) is 5.32 Å². The second kappa shape index (κ2) is 9.60. The van der Waals surface area contributed by atoms with E-state index < -0.39 is 29.5 Å². The molecule has 0 bridgehead atoms. The third-order valence-corrected chi connectivity index (χ3v) is 6.30. The van der Waals surface area contributed by atoms with Crippen LogP contribution in [-0.2, 0) is 22.8 Å². The fourth-order valence-electron chi connectivity index (χ4n) is 3.48. The predicted molar refractivity (Wildman–Crippen MR) is 124 cm³/mol. The number of halogens is 1. The molecule has 1 aliphatic heterocycles. The smallest absolute Gasteiger partial charge is 0.322 e. The van der Waals surface area contributed by atoms with E-state index in [4.69, 9.17) is 21.4 Å². The molecular formula is C23H19ClN2O6S. The van der Waals surface area contributed by atoms with E-state index >= 15 is 0 Å². The molecule has 1 aromatic heterocycles. The number of carboxylic acids is 1. The van der Waals surface area contributed by atoms with E-state index in [1.807, 2.05) is 12.1 Å². The molecule has 1 amide bonds. The highest BCUT2D eigenvalue weighted by molar-refractivity contribution is 7.98. The standard InChI is InChI=1S/C23H19ClN2O6S/c24-14-3-7-16(8-4-14)32-15-5-1-13(2-6-15)10-26-18-12-33-11-17(18)21(29)20(23(26)31)22(30)25-9-19(27)28/h1-8,29H,9-12H2,(H,25,30)(H,27,28).